The van der Waals surface area contributed by atoms with Crippen molar-refractivity contribution in [3.05, 3.63) is 50.0 Å². The predicted molar refractivity (Wildman–Crippen MR) is 87.8 cm³/mol. The van der Waals surface area contributed by atoms with Crippen LogP contribution in [0.5, 0.6) is 5.75 Å². The molecule has 3 aromatic rings. The molecule has 3 rings (SSSR count). The molecule has 0 spiro atoms. The molecule has 2 aromatic heterocycles. The van der Waals surface area contributed by atoms with Gasteiger partial charge in [0, 0.05) is 12.1 Å². The van der Waals surface area contributed by atoms with Gasteiger partial charge in [-0.15, -0.1) is 0 Å². The largest absolute Gasteiger partial charge is 0.489 e. The van der Waals surface area contributed by atoms with Crippen molar-refractivity contribution in [2.75, 3.05) is 6.61 Å². The maximum Gasteiger partial charge on any atom is 0.352 e. The fraction of sp³-hybridized carbons (Fsp3) is 0.125. The summed E-state index contributed by atoms with van der Waals surface area (Å²) in [4.78, 5) is 52.0. The van der Waals surface area contributed by atoms with Gasteiger partial charge in [-0.1, -0.05) is 0 Å². The number of benzene rings is 1. The Kier molecular flexibility index (Phi) is 3.76. The van der Waals surface area contributed by atoms with Gasteiger partial charge in [-0.3, -0.25) is 9.59 Å². The molecule has 9 heteroatoms. The number of hydrogen-bond acceptors (Lipinski definition) is 5. The maximum atomic E-state index is 12.2. The van der Waals surface area contributed by atoms with Gasteiger partial charge in [0.05, 0.1) is 28.4 Å². The van der Waals surface area contributed by atoms with E-state index < -0.39 is 22.8 Å². The van der Waals surface area contributed by atoms with Gasteiger partial charge in [0.2, 0.25) is 0 Å². The average Bonchev–Trinajstić information content (AvgIpc) is 2.55. The Morgan fingerprint density at radius 2 is 1.36 bits per heavy atom. The molecule has 1 aromatic carbocycles. The van der Waals surface area contributed by atoms with Crippen molar-refractivity contribution in [1.82, 2.24) is 9.97 Å². The molecule has 0 atom stereocenters. The first-order valence-corrected chi connectivity index (χ1v) is 7.20. The summed E-state index contributed by atoms with van der Waals surface area (Å²) < 4.78 is 5.49. The zero-order chi connectivity index (χ0) is 18.3. The van der Waals surface area contributed by atoms with Crippen LogP contribution < -0.4 is 15.6 Å². The standard InChI is InChI=1S/C16H12N2O7/c1-2-25-14-12-6(10(19)4-8(17-12)15(21)22)3-7-11(20)5-9(16(23)24)18-13(7)14/h3-5H,2H2,1H3,(H,17,19)(H,18,20)(H,21,22)(H,23,24). The highest BCUT2D eigenvalue weighted by Gasteiger charge is 2.18. The smallest absolute Gasteiger partial charge is 0.352 e. The number of rotatable bonds is 4. The molecule has 0 aliphatic heterocycles. The first-order valence-electron chi connectivity index (χ1n) is 7.20. The highest BCUT2D eigenvalue weighted by Crippen LogP contribution is 2.30. The van der Waals surface area contributed by atoms with E-state index in [2.05, 4.69) is 9.97 Å². The van der Waals surface area contributed by atoms with E-state index in [-0.39, 0.29) is 45.6 Å². The van der Waals surface area contributed by atoms with Crippen LogP contribution in [0.3, 0.4) is 0 Å². The number of pyridine rings is 2. The zero-order valence-electron chi connectivity index (χ0n) is 12.9. The van der Waals surface area contributed by atoms with Gasteiger partial charge < -0.3 is 24.9 Å². The summed E-state index contributed by atoms with van der Waals surface area (Å²) in [6.45, 7) is 1.80. The molecule has 0 aliphatic carbocycles. The molecule has 0 unspecified atom stereocenters. The second kappa shape index (κ2) is 5.78. The molecule has 0 saturated heterocycles. The van der Waals surface area contributed by atoms with E-state index in [1.165, 1.54) is 6.07 Å². The Bertz CT molecular complexity index is 1070. The Labute approximate surface area is 138 Å². The van der Waals surface area contributed by atoms with Crippen LogP contribution in [-0.4, -0.2) is 38.7 Å². The van der Waals surface area contributed by atoms with E-state index in [9.17, 15) is 19.2 Å². The first-order chi connectivity index (χ1) is 11.8. The summed E-state index contributed by atoms with van der Waals surface area (Å²) in [6.07, 6.45) is 0. The number of ether oxygens (including phenoxy) is 1. The van der Waals surface area contributed by atoms with Gasteiger partial charge in [0.15, 0.2) is 16.6 Å². The third-order valence-corrected chi connectivity index (χ3v) is 3.63. The molecule has 2 heterocycles. The van der Waals surface area contributed by atoms with Gasteiger partial charge in [-0.2, -0.15) is 0 Å². The van der Waals surface area contributed by atoms with Crippen molar-refractivity contribution in [3.63, 3.8) is 0 Å². The lowest BCUT2D eigenvalue weighted by atomic mass is 10.1. The number of fused-ring (bicyclic) bond motifs is 2. The fourth-order valence-electron chi connectivity index (χ4n) is 2.57. The number of nitrogens with one attached hydrogen (secondary N) is 2. The van der Waals surface area contributed by atoms with E-state index in [1.54, 1.807) is 6.92 Å². The predicted octanol–water partition coefficient (Wildman–Crippen LogP) is 1.16. The van der Waals surface area contributed by atoms with Gasteiger partial charge in [-0.25, -0.2) is 9.59 Å². The van der Waals surface area contributed by atoms with Gasteiger partial charge >= 0.3 is 11.9 Å². The van der Waals surface area contributed by atoms with Crippen LogP contribution >= 0.6 is 0 Å². The molecular formula is C16H12N2O7. The number of carboxylic acid groups (broad SMARTS) is 2. The van der Waals surface area contributed by atoms with Gasteiger partial charge in [-0.05, 0) is 13.0 Å². The summed E-state index contributed by atoms with van der Waals surface area (Å²) >= 11 is 0. The minimum atomic E-state index is -1.34. The number of hydrogen-bond donors (Lipinski definition) is 4. The SMILES string of the molecule is CCOc1c2[nH]c(C(=O)O)cc(=O)c2cc2c(=O)cc(C(=O)O)[nH]c12. The van der Waals surface area contributed by atoms with E-state index in [1.807, 2.05) is 0 Å². The van der Waals surface area contributed by atoms with Crippen LogP contribution in [0, 0.1) is 0 Å². The second-order valence-electron chi connectivity index (χ2n) is 5.19. The van der Waals surface area contributed by atoms with Crippen molar-refractivity contribution >= 4 is 33.7 Å². The molecule has 4 N–H and O–H groups in total. The zero-order valence-corrected chi connectivity index (χ0v) is 12.9. The monoisotopic (exact) mass is 344 g/mol. The van der Waals surface area contributed by atoms with Crippen LogP contribution in [-0.2, 0) is 0 Å². The molecule has 0 amide bonds. The van der Waals surface area contributed by atoms with Crippen LogP contribution in [0.2, 0.25) is 0 Å². The number of carboxylic acids is 2. The molecular weight excluding hydrogens is 332 g/mol. The Balaban J connectivity index is 2.57. The first kappa shape index (κ1) is 16.2. The minimum absolute atomic E-state index is 0.00963. The summed E-state index contributed by atoms with van der Waals surface area (Å²) in [5.41, 5.74) is -1.77. The fourth-order valence-corrected chi connectivity index (χ4v) is 2.57. The number of carbonyl (C=O) groups is 2. The highest BCUT2D eigenvalue weighted by atomic mass is 16.5. The van der Waals surface area contributed by atoms with Crippen LogP contribution in [0.1, 0.15) is 27.9 Å². The summed E-state index contributed by atoms with van der Waals surface area (Å²) in [7, 11) is 0. The quantitative estimate of drug-likeness (QED) is 0.519. The van der Waals surface area contributed by atoms with Crippen molar-refractivity contribution in [2.45, 2.75) is 6.92 Å². The molecule has 0 bridgehead atoms. The second-order valence-corrected chi connectivity index (χ2v) is 5.19. The van der Waals surface area contributed by atoms with Crippen molar-refractivity contribution in [3.8, 4) is 5.75 Å². The molecule has 0 fully saturated rings. The lowest BCUT2D eigenvalue weighted by molar-refractivity contribution is 0.0680. The van der Waals surface area contributed by atoms with Gasteiger partial charge in [0.25, 0.3) is 0 Å². The highest BCUT2D eigenvalue weighted by molar-refractivity contribution is 6.04. The van der Waals surface area contributed by atoms with Crippen molar-refractivity contribution in [2.24, 2.45) is 0 Å². The Hall–Kier alpha value is -3.62. The molecule has 0 aliphatic rings. The van der Waals surface area contributed by atoms with Crippen LogP contribution in [0.15, 0.2) is 27.8 Å². The molecule has 128 valence electrons. The lowest BCUT2D eigenvalue weighted by Crippen LogP contribution is -2.14. The number of aromatic carboxylic acids is 2. The van der Waals surface area contributed by atoms with Gasteiger partial charge in [0.1, 0.15) is 11.4 Å². The Morgan fingerprint density at radius 1 is 0.920 bits per heavy atom. The lowest BCUT2D eigenvalue weighted by Gasteiger charge is -2.12. The number of H-pyrrole nitrogens is 2. The van der Waals surface area contributed by atoms with E-state index in [0.29, 0.717) is 0 Å². The number of aromatic nitrogens is 2. The van der Waals surface area contributed by atoms with Crippen molar-refractivity contribution < 1.29 is 24.5 Å². The topological polar surface area (TPSA) is 150 Å². The molecule has 0 radical (unpaired) electrons. The van der Waals surface area contributed by atoms with E-state index in [4.69, 9.17) is 14.9 Å². The molecule has 9 nitrogen and oxygen atoms in total. The van der Waals surface area contributed by atoms with E-state index in [0.717, 1.165) is 12.1 Å². The summed E-state index contributed by atoms with van der Waals surface area (Å²) in [5, 5.41) is 18.4. The minimum Gasteiger partial charge on any atom is -0.489 e. The maximum absolute atomic E-state index is 12.2. The summed E-state index contributed by atoms with van der Waals surface area (Å²) in [6, 6.07) is 3.10. The normalized spacial score (nSPS) is 10.9. The number of aromatic amines is 2. The van der Waals surface area contributed by atoms with Crippen LogP contribution in [0.25, 0.3) is 21.8 Å². The molecule has 0 saturated carbocycles. The Morgan fingerprint density at radius 3 is 1.72 bits per heavy atom. The molecule has 25 heavy (non-hydrogen) atoms. The van der Waals surface area contributed by atoms with Crippen LogP contribution in [0.4, 0.5) is 0 Å². The third-order valence-electron chi connectivity index (χ3n) is 3.63. The average molecular weight is 344 g/mol. The van der Waals surface area contributed by atoms with Crippen molar-refractivity contribution in [1.29, 1.82) is 0 Å². The summed E-state index contributed by atoms with van der Waals surface area (Å²) in [5.74, 6) is -2.67. The third kappa shape index (κ3) is 2.61. The van der Waals surface area contributed by atoms with E-state index >= 15 is 0 Å².